The predicted molar refractivity (Wildman–Crippen MR) is 69.8 cm³/mol. The molecule has 0 aliphatic rings. The fraction of sp³-hybridized carbons (Fsp3) is 0.231. The van der Waals surface area contributed by atoms with Gasteiger partial charge in [0.2, 0.25) is 0 Å². The van der Waals surface area contributed by atoms with Crippen LogP contribution in [0.3, 0.4) is 0 Å². The van der Waals surface area contributed by atoms with Crippen molar-refractivity contribution >= 4 is 22.9 Å². The topological polar surface area (TPSA) is 20.2 Å². The van der Waals surface area contributed by atoms with Gasteiger partial charge in [-0.15, -0.1) is 11.3 Å². The molecule has 0 amide bonds. The average molecular weight is 343 g/mol. The molecule has 0 aliphatic heterocycles. The fourth-order valence-corrected chi connectivity index (χ4v) is 2.95. The van der Waals surface area contributed by atoms with E-state index in [0.717, 1.165) is 18.2 Å². The van der Waals surface area contributed by atoms with Crippen LogP contribution >= 0.6 is 22.9 Å². The van der Waals surface area contributed by atoms with Crippen molar-refractivity contribution < 1.29 is 27.1 Å². The second kappa shape index (κ2) is 5.23. The lowest BCUT2D eigenvalue weighted by Gasteiger charge is -2.36. The van der Waals surface area contributed by atoms with Crippen molar-refractivity contribution in [3.8, 4) is 0 Å². The quantitative estimate of drug-likeness (QED) is 0.792. The van der Waals surface area contributed by atoms with Crippen LogP contribution in [0, 0.1) is 0 Å². The third-order valence-corrected chi connectivity index (χ3v) is 4.14. The summed E-state index contributed by atoms with van der Waals surface area (Å²) in [5, 5.41) is 11.6. The third kappa shape index (κ3) is 2.54. The SMILES string of the molecule is OC(c1cccc(Cl)c1)(c1cccs1)C(F)(F)C(F)(F)F. The Morgan fingerprint density at radius 3 is 2.14 bits per heavy atom. The van der Waals surface area contributed by atoms with E-state index in [1.165, 1.54) is 23.6 Å². The molecule has 1 atom stereocenters. The van der Waals surface area contributed by atoms with Crippen molar-refractivity contribution in [1.82, 2.24) is 0 Å². The van der Waals surface area contributed by atoms with E-state index < -0.39 is 28.1 Å². The van der Waals surface area contributed by atoms with Crippen LogP contribution in [0.5, 0.6) is 0 Å². The van der Waals surface area contributed by atoms with Crippen LogP contribution in [-0.2, 0) is 5.60 Å². The smallest absolute Gasteiger partial charge is 0.374 e. The first kappa shape index (κ1) is 16.2. The van der Waals surface area contributed by atoms with Crippen molar-refractivity contribution in [3.63, 3.8) is 0 Å². The molecule has 0 aliphatic carbocycles. The van der Waals surface area contributed by atoms with E-state index in [1.807, 2.05) is 0 Å². The Morgan fingerprint density at radius 1 is 1.00 bits per heavy atom. The molecule has 0 bridgehead atoms. The second-order valence-electron chi connectivity index (χ2n) is 4.27. The zero-order valence-electron chi connectivity index (χ0n) is 10.2. The highest BCUT2D eigenvalue weighted by Gasteiger charge is 2.71. The molecular weight excluding hydrogens is 335 g/mol. The fourth-order valence-electron chi connectivity index (χ4n) is 1.88. The molecule has 1 unspecified atom stereocenters. The van der Waals surface area contributed by atoms with E-state index >= 15 is 0 Å². The van der Waals surface area contributed by atoms with Crippen LogP contribution in [0.2, 0.25) is 5.02 Å². The maximum absolute atomic E-state index is 13.9. The highest BCUT2D eigenvalue weighted by atomic mass is 35.5. The molecule has 1 aromatic carbocycles. The van der Waals surface area contributed by atoms with Gasteiger partial charge in [0.15, 0.2) is 5.60 Å². The molecule has 0 saturated carbocycles. The van der Waals surface area contributed by atoms with Crippen LogP contribution < -0.4 is 0 Å². The molecule has 0 spiro atoms. The summed E-state index contributed by atoms with van der Waals surface area (Å²) in [5.41, 5.74) is -4.16. The average Bonchev–Trinajstić information content (AvgIpc) is 2.90. The normalized spacial score (nSPS) is 15.8. The third-order valence-electron chi connectivity index (χ3n) is 2.93. The molecule has 114 valence electrons. The maximum atomic E-state index is 13.9. The highest BCUT2D eigenvalue weighted by molar-refractivity contribution is 7.10. The number of alkyl halides is 5. The number of benzene rings is 1. The Bertz CT molecular complexity index is 626. The first-order valence-corrected chi connectivity index (χ1v) is 6.83. The number of halogens is 6. The highest BCUT2D eigenvalue weighted by Crippen LogP contribution is 2.52. The summed E-state index contributed by atoms with van der Waals surface area (Å²) in [4.78, 5) is -0.521. The van der Waals surface area contributed by atoms with Crippen molar-refractivity contribution in [1.29, 1.82) is 0 Å². The Balaban J connectivity index is 2.73. The lowest BCUT2D eigenvalue weighted by Crippen LogP contribution is -2.55. The minimum absolute atomic E-state index is 0.0551. The van der Waals surface area contributed by atoms with Gasteiger partial charge in [0.05, 0.1) is 0 Å². The molecule has 1 aromatic heterocycles. The summed E-state index contributed by atoms with van der Waals surface area (Å²) >= 11 is 6.24. The Labute approximate surface area is 125 Å². The van der Waals surface area contributed by atoms with Crippen molar-refractivity contribution in [3.05, 3.63) is 57.2 Å². The van der Waals surface area contributed by atoms with E-state index in [9.17, 15) is 27.1 Å². The molecule has 2 aromatic rings. The van der Waals surface area contributed by atoms with Crippen LogP contribution in [0.25, 0.3) is 0 Å². The Morgan fingerprint density at radius 2 is 1.67 bits per heavy atom. The first-order chi connectivity index (χ1) is 9.60. The Kier molecular flexibility index (Phi) is 4.03. The summed E-state index contributed by atoms with van der Waals surface area (Å²) in [6.45, 7) is 0. The second-order valence-corrected chi connectivity index (χ2v) is 5.65. The van der Waals surface area contributed by atoms with E-state index in [0.29, 0.717) is 11.3 Å². The molecule has 1 nitrogen and oxygen atoms in total. The molecule has 1 heterocycles. The summed E-state index contributed by atoms with van der Waals surface area (Å²) < 4.78 is 66.2. The van der Waals surface area contributed by atoms with Gasteiger partial charge in [-0.3, -0.25) is 0 Å². The molecule has 0 radical (unpaired) electrons. The number of hydrogen-bond acceptors (Lipinski definition) is 2. The van der Waals surface area contributed by atoms with Gasteiger partial charge in [0.1, 0.15) is 0 Å². The van der Waals surface area contributed by atoms with Gasteiger partial charge in [-0.2, -0.15) is 22.0 Å². The zero-order chi connectivity index (χ0) is 15.9. The lowest BCUT2D eigenvalue weighted by atomic mass is 9.85. The van der Waals surface area contributed by atoms with E-state index in [4.69, 9.17) is 11.6 Å². The van der Waals surface area contributed by atoms with Gasteiger partial charge in [-0.05, 0) is 29.1 Å². The van der Waals surface area contributed by atoms with Crippen molar-refractivity contribution in [2.75, 3.05) is 0 Å². The largest absolute Gasteiger partial charge is 0.457 e. The maximum Gasteiger partial charge on any atom is 0.457 e. The molecule has 0 saturated heterocycles. The van der Waals surface area contributed by atoms with Gasteiger partial charge in [-0.25, -0.2) is 0 Å². The predicted octanol–water partition coefficient (Wildman–Crippen LogP) is 4.84. The van der Waals surface area contributed by atoms with Gasteiger partial charge >= 0.3 is 12.1 Å². The zero-order valence-corrected chi connectivity index (χ0v) is 11.7. The van der Waals surface area contributed by atoms with E-state index in [-0.39, 0.29) is 5.02 Å². The molecule has 2 rings (SSSR count). The number of aliphatic hydroxyl groups is 1. The number of hydrogen-bond donors (Lipinski definition) is 1. The van der Waals surface area contributed by atoms with E-state index in [2.05, 4.69) is 0 Å². The molecular formula is C13H8ClF5OS. The summed E-state index contributed by atoms with van der Waals surface area (Å²) in [5.74, 6) is -5.38. The van der Waals surface area contributed by atoms with Crippen LogP contribution in [0.4, 0.5) is 22.0 Å². The van der Waals surface area contributed by atoms with E-state index in [1.54, 1.807) is 0 Å². The number of rotatable bonds is 3. The molecule has 8 heteroatoms. The lowest BCUT2D eigenvalue weighted by molar-refractivity contribution is -0.335. The summed E-state index contributed by atoms with van der Waals surface area (Å²) in [7, 11) is 0. The van der Waals surface area contributed by atoms with Crippen LogP contribution in [0.1, 0.15) is 10.4 Å². The summed E-state index contributed by atoms with van der Waals surface area (Å²) in [6, 6.07) is 6.67. The standard InChI is InChI=1S/C13H8ClF5OS/c14-9-4-1-3-8(7-9)11(20,10-5-2-6-21-10)12(15,16)13(17,18)19/h1-7,20H. The van der Waals surface area contributed by atoms with Crippen molar-refractivity contribution in [2.45, 2.75) is 17.7 Å². The van der Waals surface area contributed by atoms with Gasteiger partial charge in [0.25, 0.3) is 0 Å². The number of thiophene rings is 1. The monoisotopic (exact) mass is 342 g/mol. The van der Waals surface area contributed by atoms with Gasteiger partial charge in [0, 0.05) is 9.90 Å². The van der Waals surface area contributed by atoms with Crippen molar-refractivity contribution in [2.24, 2.45) is 0 Å². The van der Waals surface area contributed by atoms with Gasteiger partial charge < -0.3 is 5.11 Å². The molecule has 21 heavy (non-hydrogen) atoms. The summed E-state index contributed by atoms with van der Waals surface area (Å²) in [6.07, 6.45) is -5.92. The molecule has 0 fully saturated rings. The Hall–Kier alpha value is -1.18. The van der Waals surface area contributed by atoms with Crippen LogP contribution in [-0.4, -0.2) is 17.2 Å². The molecule has 1 N–H and O–H groups in total. The minimum atomic E-state index is -5.92. The van der Waals surface area contributed by atoms with Gasteiger partial charge in [-0.1, -0.05) is 29.8 Å². The van der Waals surface area contributed by atoms with Crippen LogP contribution in [0.15, 0.2) is 41.8 Å². The first-order valence-electron chi connectivity index (χ1n) is 5.57. The minimum Gasteiger partial charge on any atom is -0.374 e.